The van der Waals surface area contributed by atoms with Gasteiger partial charge in [-0.05, 0) is 37.1 Å². The molecule has 0 spiro atoms. The molecular formula is C14H15N3O2. The molecule has 2 aromatic rings. The second kappa shape index (κ2) is 4.12. The highest BCUT2D eigenvalue weighted by atomic mass is 16.4. The number of hydrogen-bond donors (Lipinski definition) is 1. The van der Waals surface area contributed by atoms with Crippen LogP contribution in [0.5, 0.6) is 0 Å². The van der Waals surface area contributed by atoms with Crippen molar-refractivity contribution in [2.45, 2.75) is 19.8 Å². The summed E-state index contributed by atoms with van der Waals surface area (Å²) in [6.07, 6.45) is 1.31. The molecule has 19 heavy (non-hydrogen) atoms. The lowest BCUT2D eigenvalue weighted by Crippen LogP contribution is -2.30. The van der Waals surface area contributed by atoms with Crippen molar-refractivity contribution in [2.75, 3.05) is 17.7 Å². The van der Waals surface area contributed by atoms with Gasteiger partial charge in [-0.2, -0.15) is 4.98 Å². The Hall–Kier alpha value is -2.30. The molecule has 1 aromatic carbocycles. The van der Waals surface area contributed by atoms with Gasteiger partial charge >= 0.3 is 0 Å². The number of nitrogens with zero attached hydrogens (tertiary/aromatic N) is 2. The third-order valence-electron chi connectivity index (χ3n) is 3.50. The summed E-state index contributed by atoms with van der Waals surface area (Å²) in [7, 11) is 1.80. The van der Waals surface area contributed by atoms with Gasteiger partial charge in [0, 0.05) is 24.7 Å². The highest BCUT2D eigenvalue weighted by Crippen LogP contribution is 2.33. The second-order valence-electron chi connectivity index (χ2n) is 4.76. The topological polar surface area (TPSA) is 72.4 Å². The van der Waals surface area contributed by atoms with Crippen LogP contribution in [-0.4, -0.2) is 17.9 Å². The number of anilines is 2. The maximum absolute atomic E-state index is 11.7. The Labute approximate surface area is 111 Å². The van der Waals surface area contributed by atoms with Gasteiger partial charge in [-0.15, -0.1) is 0 Å². The van der Waals surface area contributed by atoms with E-state index in [0.717, 1.165) is 28.9 Å². The van der Waals surface area contributed by atoms with Crippen LogP contribution in [0.25, 0.3) is 11.3 Å². The first-order valence-corrected chi connectivity index (χ1v) is 6.19. The zero-order valence-corrected chi connectivity index (χ0v) is 10.9. The standard InChI is InChI=1S/C14H15N3O2/c1-8-13(19-14(15)16-8)10-3-5-11-9(7-10)4-6-12(18)17(11)2/h3,5,7H,4,6H2,1-2H3,(H2,15,16). The quantitative estimate of drug-likeness (QED) is 0.849. The smallest absolute Gasteiger partial charge is 0.292 e. The van der Waals surface area contributed by atoms with Crippen molar-refractivity contribution in [2.24, 2.45) is 0 Å². The molecule has 98 valence electrons. The van der Waals surface area contributed by atoms with Crippen LogP contribution in [-0.2, 0) is 11.2 Å². The van der Waals surface area contributed by atoms with Crippen LogP contribution in [0, 0.1) is 6.92 Å². The van der Waals surface area contributed by atoms with Crippen LogP contribution in [0.4, 0.5) is 11.7 Å². The van der Waals surface area contributed by atoms with Gasteiger partial charge in [0.25, 0.3) is 6.01 Å². The van der Waals surface area contributed by atoms with E-state index in [-0.39, 0.29) is 11.9 Å². The zero-order chi connectivity index (χ0) is 13.6. The van der Waals surface area contributed by atoms with E-state index in [9.17, 15) is 4.79 Å². The summed E-state index contributed by atoms with van der Waals surface area (Å²) in [5, 5.41) is 0. The molecule has 0 bridgehead atoms. The third kappa shape index (κ3) is 1.87. The number of fused-ring (bicyclic) bond motifs is 1. The lowest BCUT2D eigenvalue weighted by Gasteiger charge is -2.25. The molecule has 0 saturated heterocycles. The summed E-state index contributed by atoms with van der Waals surface area (Å²) in [5.74, 6) is 0.847. The number of nitrogen functional groups attached to an aromatic ring is 1. The fourth-order valence-electron chi connectivity index (χ4n) is 2.48. The number of aryl methyl sites for hydroxylation is 2. The monoisotopic (exact) mass is 257 g/mol. The molecule has 5 heteroatoms. The van der Waals surface area contributed by atoms with Crippen molar-refractivity contribution in [1.82, 2.24) is 4.98 Å². The number of oxazole rings is 1. The number of aromatic nitrogens is 1. The predicted molar refractivity (Wildman–Crippen MR) is 72.8 cm³/mol. The van der Waals surface area contributed by atoms with Crippen molar-refractivity contribution in [3.63, 3.8) is 0 Å². The fraction of sp³-hybridized carbons (Fsp3) is 0.286. The number of carbonyl (C=O) groups is 1. The Morgan fingerprint density at radius 3 is 2.84 bits per heavy atom. The van der Waals surface area contributed by atoms with Gasteiger partial charge in [0.05, 0.1) is 5.69 Å². The highest BCUT2D eigenvalue weighted by molar-refractivity contribution is 5.96. The van der Waals surface area contributed by atoms with Gasteiger partial charge in [0.2, 0.25) is 5.91 Å². The second-order valence-corrected chi connectivity index (χ2v) is 4.76. The molecule has 3 rings (SSSR count). The minimum atomic E-state index is 0.153. The van der Waals surface area contributed by atoms with Crippen molar-refractivity contribution >= 4 is 17.6 Å². The molecule has 2 N–H and O–H groups in total. The number of carbonyl (C=O) groups excluding carboxylic acids is 1. The Kier molecular flexibility index (Phi) is 2.55. The first-order valence-electron chi connectivity index (χ1n) is 6.19. The number of nitrogens with two attached hydrogens (primary N) is 1. The number of hydrogen-bond acceptors (Lipinski definition) is 4. The van der Waals surface area contributed by atoms with Crippen molar-refractivity contribution in [3.8, 4) is 11.3 Å². The van der Waals surface area contributed by atoms with Crippen LogP contribution >= 0.6 is 0 Å². The maximum atomic E-state index is 11.7. The molecule has 0 atom stereocenters. The van der Waals surface area contributed by atoms with Gasteiger partial charge < -0.3 is 15.1 Å². The maximum Gasteiger partial charge on any atom is 0.292 e. The first kappa shape index (κ1) is 11.8. The molecule has 5 nitrogen and oxygen atoms in total. The molecule has 2 heterocycles. The van der Waals surface area contributed by atoms with E-state index in [4.69, 9.17) is 10.2 Å². The summed E-state index contributed by atoms with van der Waals surface area (Å²) >= 11 is 0. The third-order valence-corrected chi connectivity index (χ3v) is 3.50. The number of rotatable bonds is 1. The van der Waals surface area contributed by atoms with E-state index in [1.807, 2.05) is 25.1 Å². The van der Waals surface area contributed by atoms with E-state index < -0.39 is 0 Å². The lowest BCUT2D eigenvalue weighted by molar-refractivity contribution is -0.118. The number of benzene rings is 1. The van der Waals surface area contributed by atoms with Gasteiger partial charge in [-0.25, -0.2) is 0 Å². The largest absolute Gasteiger partial charge is 0.423 e. The van der Waals surface area contributed by atoms with E-state index in [1.165, 1.54) is 0 Å². The zero-order valence-electron chi connectivity index (χ0n) is 10.9. The molecule has 1 aromatic heterocycles. The van der Waals surface area contributed by atoms with Crippen LogP contribution in [0.3, 0.4) is 0 Å². The fourth-order valence-corrected chi connectivity index (χ4v) is 2.48. The SMILES string of the molecule is Cc1nc(N)oc1-c1ccc2c(c1)CCC(=O)N2C. The van der Waals surface area contributed by atoms with Crippen LogP contribution in [0.15, 0.2) is 22.6 Å². The van der Waals surface area contributed by atoms with E-state index in [2.05, 4.69) is 4.98 Å². The summed E-state index contributed by atoms with van der Waals surface area (Å²) in [6.45, 7) is 1.87. The lowest BCUT2D eigenvalue weighted by atomic mass is 9.98. The van der Waals surface area contributed by atoms with Crippen LogP contribution < -0.4 is 10.6 Å². The summed E-state index contributed by atoms with van der Waals surface area (Å²) in [6, 6.07) is 6.10. The van der Waals surface area contributed by atoms with Crippen molar-refractivity contribution in [3.05, 3.63) is 29.5 Å². The minimum absolute atomic E-state index is 0.153. The average Bonchev–Trinajstić information content (AvgIpc) is 2.73. The number of amides is 1. The average molecular weight is 257 g/mol. The van der Waals surface area contributed by atoms with Gasteiger partial charge in [0.15, 0.2) is 5.76 Å². The summed E-state index contributed by atoms with van der Waals surface area (Å²) < 4.78 is 5.43. The molecule has 1 aliphatic heterocycles. The van der Waals surface area contributed by atoms with Crippen molar-refractivity contribution in [1.29, 1.82) is 0 Å². The first-order chi connectivity index (χ1) is 9.06. The van der Waals surface area contributed by atoms with E-state index >= 15 is 0 Å². The van der Waals surface area contributed by atoms with Gasteiger partial charge in [-0.1, -0.05) is 0 Å². The molecule has 0 aliphatic carbocycles. The Bertz CT molecular complexity index is 661. The normalized spacial score (nSPS) is 14.6. The van der Waals surface area contributed by atoms with E-state index in [0.29, 0.717) is 12.2 Å². The Morgan fingerprint density at radius 2 is 2.16 bits per heavy atom. The Balaban J connectivity index is 2.07. The summed E-state index contributed by atoms with van der Waals surface area (Å²) in [5.41, 5.74) is 9.40. The van der Waals surface area contributed by atoms with Crippen LogP contribution in [0.1, 0.15) is 17.7 Å². The van der Waals surface area contributed by atoms with Gasteiger partial charge in [-0.3, -0.25) is 4.79 Å². The van der Waals surface area contributed by atoms with E-state index in [1.54, 1.807) is 11.9 Å². The summed E-state index contributed by atoms with van der Waals surface area (Å²) in [4.78, 5) is 17.4. The minimum Gasteiger partial charge on any atom is -0.423 e. The van der Waals surface area contributed by atoms with Crippen molar-refractivity contribution < 1.29 is 9.21 Å². The molecule has 0 unspecified atom stereocenters. The predicted octanol–water partition coefficient (Wildman–Crippen LogP) is 2.14. The Morgan fingerprint density at radius 1 is 1.37 bits per heavy atom. The molecule has 1 aliphatic rings. The highest BCUT2D eigenvalue weighted by Gasteiger charge is 2.22. The molecular weight excluding hydrogens is 242 g/mol. The van der Waals surface area contributed by atoms with Crippen LogP contribution in [0.2, 0.25) is 0 Å². The molecule has 1 amide bonds. The molecule has 0 saturated carbocycles. The molecule has 0 fully saturated rings. The van der Waals surface area contributed by atoms with Gasteiger partial charge in [0.1, 0.15) is 0 Å². The molecule has 0 radical (unpaired) electrons.